The molecule has 1 saturated heterocycles. The van der Waals surface area contributed by atoms with Crippen LogP contribution in [0.25, 0.3) is 0 Å². The van der Waals surface area contributed by atoms with Crippen LogP contribution in [0, 0.1) is 5.92 Å². The summed E-state index contributed by atoms with van der Waals surface area (Å²) in [5, 5.41) is 51.7. The quantitative estimate of drug-likeness (QED) is 0.156. The minimum Gasteiger partial charge on any atom is -0.497 e. The first-order valence-corrected chi connectivity index (χ1v) is 16.4. The number of esters is 2. The van der Waals surface area contributed by atoms with Gasteiger partial charge in [-0.2, -0.15) is 0 Å². The molecule has 5 N–H and O–H groups in total. The maximum absolute atomic E-state index is 14.0. The molecule has 2 aliphatic carbocycles. The average molecular weight is 676 g/mol. The molecule has 5 aliphatic rings. The van der Waals surface area contributed by atoms with Crippen LogP contribution in [0.15, 0.2) is 36.1 Å². The summed E-state index contributed by atoms with van der Waals surface area (Å²) in [4.78, 5) is 28.8. The van der Waals surface area contributed by atoms with E-state index in [0.717, 1.165) is 50.6 Å². The Balaban J connectivity index is 1.22. The molecule has 6 rings (SSSR count). The van der Waals surface area contributed by atoms with Crippen LogP contribution in [0.3, 0.4) is 0 Å². The number of carbonyl (C=O) groups excluding carboxylic acids is 2. The smallest absolute Gasteiger partial charge is 0.339 e. The highest BCUT2D eigenvalue weighted by Gasteiger charge is 2.59. The summed E-state index contributed by atoms with van der Waals surface area (Å²) in [6, 6.07) is 3.94. The van der Waals surface area contributed by atoms with Gasteiger partial charge in [0, 0.05) is 25.5 Å². The number of hydrogen-bond acceptors (Lipinski definition) is 14. The van der Waals surface area contributed by atoms with Crippen molar-refractivity contribution in [3.8, 4) is 11.5 Å². The predicted molar refractivity (Wildman–Crippen MR) is 166 cm³/mol. The fourth-order valence-electron chi connectivity index (χ4n) is 8.01. The molecule has 0 bridgehead atoms. The zero-order valence-electron chi connectivity index (χ0n) is 27.2. The summed E-state index contributed by atoms with van der Waals surface area (Å²) in [6.07, 6.45) is 0.716. The highest BCUT2D eigenvalue weighted by molar-refractivity contribution is 5.86. The molecule has 1 aromatic rings. The fourth-order valence-corrected chi connectivity index (χ4v) is 8.01. The van der Waals surface area contributed by atoms with Gasteiger partial charge in [-0.3, -0.25) is 9.69 Å². The molecule has 1 aromatic carbocycles. The summed E-state index contributed by atoms with van der Waals surface area (Å²) in [6.45, 7) is 1.30. The number of aliphatic hydroxyl groups excluding tert-OH is 4. The van der Waals surface area contributed by atoms with Gasteiger partial charge in [0.05, 0.1) is 50.9 Å². The topological polar surface area (TPSA) is 194 Å². The van der Waals surface area contributed by atoms with Gasteiger partial charge < -0.3 is 54.0 Å². The summed E-state index contributed by atoms with van der Waals surface area (Å²) in [5.41, 5.74) is -0.796. The van der Waals surface area contributed by atoms with Crippen molar-refractivity contribution < 1.29 is 63.5 Å². The number of fused-ring (bicyclic) bond motifs is 3. The van der Waals surface area contributed by atoms with E-state index in [2.05, 4.69) is 4.90 Å². The Morgan fingerprint density at radius 1 is 1.08 bits per heavy atom. The van der Waals surface area contributed by atoms with E-state index in [9.17, 15) is 35.1 Å². The molecule has 0 amide bonds. The third kappa shape index (κ3) is 6.19. The minimum absolute atomic E-state index is 0.0848. The lowest BCUT2D eigenvalue weighted by atomic mass is 9.77. The molecule has 1 spiro atoms. The third-order valence-electron chi connectivity index (χ3n) is 10.6. The van der Waals surface area contributed by atoms with E-state index in [1.807, 2.05) is 18.2 Å². The van der Waals surface area contributed by atoms with Crippen LogP contribution in [-0.4, -0.2) is 131 Å². The molecule has 3 heterocycles. The molecule has 2 fully saturated rings. The Hall–Kier alpha value is -3.24. The summed E-state index contributed by atoms with van der Waals surface area (Å²) >= 11 is 0. The Kier molecular flexibility index (Phi) is 10.1. The lowest BCUT2D eigenvalue weighted by Crippen LogP contribution is -2.55. The van der Waals surface area contributed by atoms with Crippen molar-refractivity contribution in [2.24, 2.45) is 5.92 Å². The van der Waals surface area contributed by atoms with Crippen molar-refractivity contribution in [2.45, 2.75) is 86.1 Å². The number of hydrogen-bond donors (Lipinski definition) is 5. The molecule has 0 radical (unpaired) electrons. The van der Waals surface area contributed by atoms with Gasteiger partial charge in [-0.1, -0.05) is 12.2 Å². The maximum Gasteiger partial charge on any atom is 0.339 e. The van der Waals surface area contributed by atoms with Crippen molar-refractivity contribution in [2.75, 3.05) is 47.3 Å². The first-order chi connectivity index (χ1) is 23.0. The molecule has 0 aromatic heterocycles. The van der Waals surface area contributed by atoms with Crippen LogP contribution in [0.5, 0.6) is 11.5 Å². The molecule has 14 heteroatoms. The largest absolute Gasteiger partial charge is 0.497 e. The summed E-state index contributed by atoms with van der Waals surface area (Å²) < 4.78 is 33.9. The van der Waals surface area contributed by atoms with Crippen LogP contribution in [0.2, 0.25) is 0 Å². The van der Waals surface area contributed by atoms with E-state index < -0.39 is 65.9 Å². The number of nitrogens with zero attached hydrogens (tertiary/aromatic N) is 1. The summed E-state index contributed by atoms with van der Waals surface area (Å²) in [7, 11) is 2.68. The van der Waals surface area contributed by atoms with E-state index in [4.69, 9.17) is 28.4 Å². The Bertz CT molecular complexity index is 1430. The monoisotopic (exact) mass is 675 g/mol. The summed E-state index contributed by atoms with van der Waals surface area (Å²) in [5.74, 6) is -1.15. The van der Waals surface area contributed by atoms with Crippen LogP contribution in [-0.2, 0) is 35.0 Å². The Morgan fingerprint density at radius 2 is 1.85 bits per heavy atom. The minimum atomic E-state index is -2.30. The van der Waals surface area contributed by atoms with Gasteiger partial charge in [0.15, 0.2) is 23.2 Å². The molecule has 3 aliphatic heterocycles. The number of benzene rings is 1. The van der Waals surface area contributed by atoms with Gasteiger partial charge in [0.25, 0.3) is 0 Å². The van der Waals surface area contributed by atoms with Crippen LogP contribution in [0.1, 0.15) is 49.1 Å². The average Bonchev–Trinajstić information content (AvgIpc) is 3.77. The number of ether oxygens (including phenoxy) is 6. The predicted octanol–water partition coefficient (Wildman–Crippen LogP) is 0.0659. The van der Waals surface area contributed by atoms with Gasteiger partial charge in [-0.15, -0.1) is 0 Å². The molecule has 9 atom stereocenters. The Morgan fingerprint density at radius 3 is 2.58 bits per heavy atom. The first kappa shape index (κ1) is 34.6. The van der Waals surface area contributed by atoms with E-state index >= 15 is 0 Å². The van der Waals surface area contributed by atoms with E-state index in [1.54, 1.807) is 0 Å². The van der Waals surface area contributed by atoms with E-state index in [1.165, 1.54) is 19.3 Å². The second kappa shape index (κ2) is 13.9. The number of carbonyl (C=O) groups is 2. The van der Waals surface area contributed by atoms with Crippen LogP contribution >= 0.6 is 0 Å². The molecular weight excluding hydrogens is 630 g/mol. The standard InChI is InChI=1S/C34H45NO13/c1-43-25-15-33-7-5-9-35(33)10-6-19-12-22-23(47-18-46-22)14-21(19)27(33)31(25)48-32(41)34(42,16-26(37)44-2)8-3-4-11-45-24-13-20(17-36)28(38)30(40)29(24)39/h3-4,12,14-15,20,24,27-31,36,38-40,42H,5-11,13,16-18H2,1-2H3/b4-3+/t20?,24?,27-,28?,29?,30?,31-,33+,34-/m1/s1. The number of methoxy groups -OCH3 is 2. The first-order valence-electron chi connectivity index (χ1n) is 16.4. The lowest BCUT2D eigenvalue weighted by Gasteiger charge is -2.39. The zero-order valence-corrected chi connectivity index (χ0v) is 27.2. The van der Waals surface area contributed by atoms with Crippen molar-refractivity contribution in [3.63, 3.8) is 0 Å². The van der Waals surface area contributed by atoms with Gasteiger partial charge in [0.1, 0.15) is 18.0 Å². The molecule has 264 valence electrons. The highest BCUT2D eigenvalue weighted by Crippen LogP contribution is 2.55. The van der Waals surface area contributed by atoms with Crippen molar-refractivity contribution in [3.05, 3.63) is 47.2 Å². The van der Waals surface area contributed by atoms with Gasteiger partial charge in [-0.05, 0) is 61.6 Å². The third-order valence-corrected chi connectivity index (χ3v) is 10.6. The fraction of sp³-hybridized carbons (Fsp3) is 0.647. The second-order valence-corrected chi connectivity index (χ2v) is 13.3. The SMILES string of the molecule is COC(=O)C[C@](O)(C/C=C/COC1CC(CO)C(O)C(O)C1O)C(=O)O[C@@H]1C(OC)=C[C@]23CCCN2CCc2cc4c(cc2[C@H]13)OCO4. The van der Waals surface area contributed by atoms with Gasteiger partial charge >= 0.3 is 11.9 Å². The van der Waals surface area contributed by atoms with Crippen molar-refractivity contribution in [1.29, 1.82) is 0 Å². The molecule has 1 saturated carbocycles. The normalized spacial score (nSPS) is 33.6. The van der Waals surface area contributed by atoms with E-state index in [0.29, 0.717) is 17.3 Å². The molecular formula is C34H45NO13. The van der Waals surface area contributed by atoms with Crippen molar-refractivity contribution in [1.82, 2.24) is 4.90 Å². The zero-order chi connectivity index (χ0) is 34.2. The van der Waals surface area contributed by atoms with E-state index in [-0.39, 0.29) is 38.8 Å². The maximum atomic E-state index is 14.0. The molecule has 5 unspecified atom stereocenters. The second-order valence-electron chi connectivity index (χ2n) is 13.3. The van der Waals surface area contributed by atoms with Gasteiger partial charge in [0.2, 0.25) is 6.79 Å². The van der Waals surface area contributed by atoms with Gasteiger partial charge in [-0.25, -0.2) is 4.79 Å². The van der Waals surface area contributed by atoms with Crippen LogP contribution in [0.4, 0.5) is 0 Å². The highest BCUT2D eigenvalue weighted by atomic mass is 16.7. The Labute approximate surface area is 278 Å². The lowest BCUT2D eigenvalue weighted by molar-refractivity contribution is -0.177. The number of rotatable bonds is 11. The number of aliphatic hydroxyl groups is 5. The molecule has 14 nitrogen and oxygen atoms in total. The molecule has 48 heavy (non-hydrogen) atoms. The van der Waals surface area contributed by atoms with Crippen LogP contribution < -0.4 is 9.47 Å². The van der Waals surface area contributed by atoms with Crippen molar-refractivity contribution >= 4 is 11.9 Å².